The molecule has 0 bridgehead atoms. The van der Waals surface area contributed by atoms with Crippen LogP contribution in [0.5, 0.6) is 0 Å². The molecule has 0 saturated carbocycles. The fourth-order valence-electron chi connectivity index (χ4n) is 5.05. The van der Waals surface area contributed by atoms with Crippen molar-refractivity contribution < 1.29 is 36.6 Å². The molecule has 2 aliphatic heterocycles. The van der Waals surface area contributed by atoms with Crippen LogP contribution in [0.4, 0.5) is 33.3 Å². The van der Waals surface area contributed by atoms with Crippen LogP contribution in [0.1, 0.15) is 27.0 Å². The van der Waals surface area contributed by atoms with Crippen molar-refractivity contribution in [2.24, 2.45) is 0 Å². The van der Waals surface area contributed by atoms with Crippen LogP contribution in [0.2, 0.25) is 0 Å². The van der Waals surface area contributed by atoms with E-state index in [-0.39, 0.29) is 29.8 Å². The summed E-state index contributed by atoms with van der Waals surface area (Å²) in [5, 5.41) is 12.3. The molecule has 2 aliphatic rings. The average molecular weight is 533 g/mol. The van der Waals surface area contributed by atoms with Crippen LogP contribution in [0, 0.1) is 12.7 Å². The van der Waals surface area contributed by atoms with Crippen LogP contribution in [0.25, 0.3) is 11.1 Å². The standard InChI is InChI=1S/C27H24F5N3O3/c1-15-2-3-19(34-25(37)17-6-18(12-33-11-17)27(30,31)32)8-20(15)21-9-23-16(7-22(21)28)10-26(29,14-36)24-13-38-5-4-35(23)24/h2-3,6-9,11-12,24,36H,4-5,10,13-14H2,1H3,(H,34,37)/t24?,26-/m0/s1. The van der Waals surface area contributed by atoms with E-state index in [4.69, 9.17) is 4.74 Å². The fourth-order valence-corrected chi connectivity index (χ4v) is 5.05. The Morgan fingerprint density at radius 2 is 2.00 bits per heavy atom. The zero-order valence-electron chi connectivity index (χ0n) is 20.3. The smallest absolute Gasteiger partial charge is 0.393 e. The van der Waals surface area contributed by atoms with Crippen LogP contribution in [0.3, 0.4) is 0 Å². The number of amides is 1. The van der Waals surface area contributed by atoms with Gasteiger partial charge in [0.25, 0.3) is 5.91 Å². The highest BCUT2D eigenvalue weighted by molar-refractivity contribution is 6.04. The molecule has 0 spiro atoms. The summed E-state index contributed by atoms with van der Waals surface area (Å²) in [7, 11) is 0. The van der Waals surface area contributed by atoms with Crippen LogP contribution in [-0.2, 0) is 17.3 Å². The number of nitrogens with zero attached hydrogens (tertiary/aromatic N) is 2. The summed E-state index contributed by atoms with van der Waals surface area (Å²) < 4.78 is 75.4. The van der Waals surface area contributed by atoms with Gasteiger partial charge in [-0.25, -0.2) is 8.78 Å². The van der Waals surface area contributed by atoms with E-state index in [0.29, 0.717) is 47.8 Å². The van der Waals surface area contributed by atoms with Crippen molar-refractivity contribution in [2.45, 2.75) is 31.2 Å². The van der Waals surface area contributed by atoms with E-state index in [0.717, 1.165) is 6.20 Å². The minimum Gasteiger partial charge on any atom is -0.393 e. The Hall–Kier alpha value is -3.57. The highest BCUT2D eigenvalue weighted by Gasteiger charge is 2.48. The predicted molar refractivity (Wildman–Crippen MR) is 130 cm³/mol. The third-order valence-electron chi connectivity index (χ3n) is 7.06. The molecule has 2 atom stereocenters. The number of hydrogen-bond acceptors (Lipinski definition) is 5. The Bertz CT molecular complexity index is 1400. The number of morpholine rings is 1. The van der Waals surface area contributed by atoms with Crippen LogP contribution in [-0.4, -0.2) is 54.1 Å². The number of fused-ring (bicyclic) bond motifs is 3. The summed E-state index contributed by atoms with van der Waals surface area (Å²) in [5.74, 6) is -1.41. The monoisotopic (exact) mass is 533 g/mol. The molecule has 1 fully saturated rings. The number of hydrogen-bond donors (Lipinski definition) is 2. The number of aromatic nitrogens is 1. The lowest BCUT2D eigenvalue weighted by molar-refractivity contribution is -0.137. The van der Waals surface area contributed by atoms with Crippen LogP contribution < -0.4 is 10.2 Å². The number of aliphatic hydroxyl groups is 1. The number of halogens is 5. The zero-order valence-corrected chi connectivity index (χ0v) is 20.3. The largest absolute Gasteiger partial charge is 0.417 e. The Kier molecular flexibility index (Phi) is 6.60. The number of benzene rings is 2. The van der Waals surface area contributed by atoms with E-state index in [9.17, 15) is 23.1 Å². The van der Waals surface area contributed by atoms with Gasteiger partial charge < -0.3 is 20.1 Å². The third kappa shape index (κ3) is 4.71. The number of rotatable bonds is 4. The van der Waals surface area contributed by atoms with Gasteiger partial charge in [-0.05, 0) is 53.9 Å². The van der Waals surface area contributed by atoms with E-state index in [2.05, 4.69) is 10.3 Å². The second kappa shape index (κ2) is 9.63. The van der Waals surface area contributed by atoms with Gasteiger partial charge in [0.15, 0.2) is 5.67 Å². The Morgan fingerprint density at radius 3 is 2.74 bits per heavy atom. The summed E-state index contributed by atoms with van der Waals surface area (Å²) in [6.45, 7) is 1.85. The van der Waals surface area contributed by atoms with Crippen molar-refractivity contribution in [1.29, 1.82) is 0 Å². The molecule has 0 aliphatic carbocycles. The molecule has 2 aromatic carbocycles. The first-order valence-electron chi connectivity index (χ1n) is 11.9. The van der Waals surface area contributed by atoms with E-state index in [1.54, 1.807) is 30.0 Å². The molecule has 0 radical (unpaired) electrons. The van der Waals surface area contributed by atoms with E-state index in [1.807, 2.05) is 0 Å². The number of nitrogens with one attached hydrogen (secondary N) is 1. The van der Waals surface area contributed by atoms with Gasteiger partial charge in [0, 0.05) is 42.3 Å². The van der Waals surface area contributed by atoms with Gasteiger partial charge in [0.05, 0.1) is 37.0 Å². The first-order chi connectivity index (χ1) is 18.0. The first-order valence-corrected chi connectivity index (χ1v) is 11.9. The normalized spacial score (nSPS) is 21.0. The fraction of sp³-hybridized carbons (Fsp3) is 0.333. The molecular formula is C27H24F5N3O3. The SMILES string of the molecule is Cc1ccc(NC(=O)c2cncc(C(F)(F)F)c2)cc1-c1cc2c(cc1F)C[C@](F)(CO)C1COCCN21. The molecular weight excluding hydrogens is 509 g/mol. The number of aliphatic hydroxyl groups excluding tert-OH is 1. The third-order valence-corrected chi connectivity index (χ3v) is 7.06. The second-order valence-corrected chi connectivity index (χ2v) is 9.56. The minimum atomic E-state index is -4.65. The molecule has 6 nitrogen and oxygen atoms in total. The molecule has 1 unspecified atom stereocenters. The summed E-state index contributed by atoms with van der Waals surface area (Å²) in [4.78, 5) is 18.0. The lowest BCUT2D eigenvalue weighted by atomic mass is 9.82. The number of ether oxygens (including phenoxy) is 1. The lowest BCUT2D eigenvalue weighted by Gasteiger charge is -2.48. The van der Waals surface area contributed by atoms with Gasteiger partial charge in [-0.3, -0.25) is 9.78 Å². The number of carbonyl (C=O) groups excluding carboxylic acids is 1. The molecule has 200 valence electrons. The average Bonchev–Trinajstić information content (AvgIpc) is 2.89. The van der Waals surface area contributed by atoms with Gasteiger partial charge in [-0.15, -0.1) is 0 Å². The molecule has 11 heteroatoms. The highest BCUT2D eigenvalue weighted by atomic mass is 19.4. The van der Waals surface area contributed by atoms with Crippen molar-refractivity contribution in [3.8, 4) is 11.1 Å². The van der Waals surface area contributed by atoms with E-state index < -0.39 is 41.8 Å². The van der Waals surface area contributed by atoms with E-state index in [1.165, 1.54) is 12.1 Å². The number of carbonyl (C=O) groups is 1. The molecule has 1 amide bonds. The van der Waals surface area contributed by atoms with E-state index >= 15 is 8.78 Å². The molecule has 1 saturated heterocycles. The molecule has 3 heterocycles. The molecule has 1 aromatic heterocycles. The van der Waals surface area contributed by atoms with Gasteiger partial charge in [0.2, 0.25) is 0 Å². The quantitative estimate of drug-likeness (QED) is 0.466. The summed E-state index contributed by atoms with van der Waals surface area (Å²) >= 11 is 0. The van der Waals surface area contributed by atoms with Crippen LogP contribution in [0.15, 0.2) is 48.8 Å². The van der Waals surface area contributed by atoms with Crippen molar-refractivity contribution in [3.05, 3.63) is 76.9 Å². The summed E-state index contributed by atoms with van der Waals surface area (Å²) in [5.41, 5.74) is -0.623. The minimum absolute atomic E-state index is 0.0914. The van der Waals surface area contributed by atoms with Crippen molar-refractivity contribution in [1.82, 2.24) is 4.98 Å². The Morgan fingerprint density at radius 1 is 1.21 bits per heavy atom. The van der Waals surface area contributed by atoms with Gasteiger partial charge >= 0.3 is 6.18 Å². The Balaban J connectivity index is 1.49. The first kappa shape index (κ1) is 26.1. The number of aryl methyl sites for hydroxylation is 1. The van der Waals surface area contributed by atoms with Crippen molar-refractivity contribution >= 4 is 17.3 Å². The highest BCUT2D eigenvalue weighted by Crippen LogP contribution is 2.43. The van der Waals surface area contributed by atoms with Crippen molar-refractivity contribution in [3.63, 3.8) is 0 Å². The van der Waals surface area contributed by atoms with Crippen molar-refractivity contribution in [2.75, 3.05) is 36.6 Å². The van der Waals surface area contributed by atoms with Gasteiger partial charge in [-0.1, -0.05) is 6.07 Å². The maximum atomic E-state index is 15.5. The summed E-state index contributed by atoms with van der Waals surface area (Å²) in [6, 6.07) is 7.63. The molecule has 3 aromatic rings. The second-order valence-electron chi connectivity index (χ2n) is 9.56. The van der Waals surface area contributed by atoms with Crippen LogP contribution >= 0.6 is 0 Å². The topological polar surface area (TPSA) is 74.7 Å². The Labute approximate surface area is 215 Å². The molecule has 2 N–H and O–H groups in total. The van der Waals surface area contributed by atoms with Gasteiger partial charge in [0.1, 0.15) is 5.82 Å². The molecule has 5 rings (SSSR count). The number of anilines is 2. The number of pyridine rings is 1. The maximum Gasteiger partial charge on any atom is 0.417 e. The molecule has 38 heavy (non-hydrogen) atoms. The van der Waals surface area contributed by atoms with Gasteiger partial charge in [-0.2, -0.15) is 13.2 Å². The zero-order chi connectivity index (χ0) is 27.2. The number of alkyl halides is 4. The predicted octanol–water partition coefficient (Wildman–Crippen LogP) is 4.93. The summed E-state index contributed by atoms with van der Waals surface area (Å²) in [6.07, 6.45) is -3.16. The lowest BCUT2D eigenvalue weighted by Crippen LogP contribution is -2.62. The maximum absolute atomic E-state index is 15.5.